The van der Waals surface area contributed by atoms with Gasteiger partial charge in [0.25, 0.3) is 0 Å². The van der Waals surface area contributed by atoms with Crippen molar-refractivity contribution in [3.8, 4) is 0 Å². The van der Waals surface area contributed by atoms with Crippen LogP contribution in [0.2, 0.25) is 0 Å². The van der Waals surface area contributed by atoms with Gasteiger partial charge in [0, 0.05) is 18.1 Å². The van der Waals surface area contributed by atoms with Crippen LogP contribution in [0.15, 0.2) is 23.4 Å². The highest BCUT2D eigenvalue weighted by Gasteiger charge is 2.40. The highest BCUT2D eigenvalue weighted by atomic mass is 32.2. The van der Waals surface area contributed by atoms with Crippen LogP contribution in [0, 0.1) is 0 Å². The van der Waals surface area contributed by atoms with Crippen LogP contribution in [0.5, 0.6) is 0 Å². The first-order valence-electron chi connectivity index (χ1n) is 7.17. The molecule has 1 spiro atoms. The van der Waals surface area contributed by atoms with Gasteiger partial charge in [0.15, 0.2) is 0 Å². The molecule has 1 saturated carbocycles. The molecule has 5 heteroatoms. The normalized spacial score (nSPS) is 24.9. The van der Waals surface area contributed by atoms with Crippen molar-refractivity contribution in [1.29, 1.82) is 0 Å². The van der Waals surface area contributed by atoms with E-state index < -0.39 is 5.97 Å². The first kappa shape index (κ1) is 13.9. The molecule has 1 atom stereocenters. The monoisotopic (exact) mass is 293 g/mol. The maximum atomic E-state index is 11.2. The van der Waals surface area contributed by atoms with Gasteiger partial charge in [0.2, 0.25) is 0 Å². The Bertz CT molecular complexity index is 500. The molecule has 108 valence electrons. The Hall–Kier alpha value is -1.07. The second kappa shape index (κ2) is 5.74. The molecule has 0 amide bonds. The van der Waals surface area contributed by atoms with Crippen molar-refractivity contribution in [2.75, 3.05) is 6.61 Å². The number of aromatic carboxylic acids is 1. The molecule has 4 nitrogen and oxygen atoms in total. The van der Waals surface area contributed by atoms with Gasteiger partial charge in [0.1, 0.15) is 5.03 Å². The van der Waals surface area contributed by atoms with Crippen molar-refractivity contribution in [1.82, 2.24) is 4.98 Å². The summed E-state index contributed by atoms with van der Waals surface area (Å²) < 4.78 is 6.02. The quantitative estimate of drug-likeness (QED) is 0.926. The maximum absolute atomic E-state index is 11.2. The lowest BCUT2D eigenvalue weighted by Crippen LogP contribution is -2.38. The molecule has 3 rings (SSSR count). The lowest BCUT2D eigenvalue weighted by atomic mass is 9.92. The molecule has 1 saturated heterocycles. The molecule has 0 aromatic carbocycles. The molecule has 2 heterocycles. The first-order valence-corrected chi connectivity index (χ1v) is 8.05. The summed E-state index contributed by atoms with van der Waals surface area (Å²) in [6, 6.07) is 3.30. The van der Waals surface area contributed by atoms with E-state index in [0.29, 0.717) is 15.8 Å². The van der Waals surface area contributed by atoms with Gasteiger partial charge >= 0.3 is 5.97 Å². The summed E-state index contributed by atoms with van der Waals surface area (Å²) in [7, 11) is 0. The van der Waals surface area contributed by atoms with E-state index in [4.69, 9.17) is 4.74 Å². The summed E-state index contributed by atoms with van der Waals surface area (Å²) in [6.45, 7) is 0.785. The minimum absolute atomic E-state index is 0.0636. The molecule has 1 aromatic rings. The minimum atomic E-state index is -0.900. The predicted molar refractivity (Wildman–Crippen MR) is 77.2 cm³/mol. The van der Waals surface area contributed by atoms with Crippen molar-refractivity contribution in [2.45, 2.75) is 54.4 Å². The second-order valence-electron chi connectivity index (χ2n) is 5.63. The number of carbonyl (C=O) groups is 1. The smallest absolute Gasteiger partial charge is 0.338 e. The van der Waals surface area contributed by atoms with E-state index in [1.54, 1.807) is 30.1 Å². The van der Waals surface area contributed by atoms with Crippen LogP contribution >= 0.6 is 11.8 Å². The van der Waals surface area contributed by atoms with Crippen LogP contribution in [0.25, 0.3) is 0 Å². The summed E-state index contributed by atoms with van der Waals surface area (Å²) in [6.07, 6.45) is 8.47. The van der Waals surface area contributed by atoms with Gasteiger partial charge < -0.3 is 9.84 Å². The van der Waals surface area contributed by atoms with Crippen LogP contribution in [0.3, 0.4) is 0 Å². The molecule has 1 aliphatic heterocycles. The number of hydrogen-bond donors (Lipinski definition) is 1. The molecule has 2 fully saturated rings. The van der Waals surface area contributed by atoms with Gasteiger partial charge in [-0.15, -0.1) is 11.8 Å². The van der Waals surface area contributed by atoms with E-state index in [-0.39, 0.29) is 5.60 Å². The number of thioether (sulfide) groups is 1. The molecule has 1 aromatic heterocycles. The second-order valence-corrected chi connectivity index (χ2v) is 6.92. The summed E-state index contributed by atoms with van der Waals surface area (Å²) >= 11 is 1.61. The fraction of sp³-hybridized carbons (Fsp3) is 0.600. The van der Waals surface area contributed by atoms with Gasteiger partial charge in [-0.2, -0.15) is 0 Å². The zero-order chi connectivity index (χ0) is 14.0. The van der Waals surface area contributed by atoms with E-state index in [9.17, 15) is 9.90 Å². The molecule has 2 aliphatic rings. The predicted octanol–water partition coefficient (Wildman–Crippen LogP) is 3.36. The Morgan fingerprint density at radius 2 is 2.25 bits per heavy atom. The van der Waals surface area contributed by atoms with Gasteiger partial charge in [0.05, 0.1) is 11.2 Å². The number of carboxylic acid groups (broad SMARTS) is 1. The van der Waals surface area contributed by atoms with E-state index >= 15 is 0 Å². The van der Waals surface area contributed by atoms with Crippen molar-refractivity contribution in [2.24, 2.45) is 0 Å². The number of ether oxygens (including phenoxy) is 1. The van der Waals surface area contributed by atoms with Crippen molar-refractivity contribution in [3.05, 3.63) is 23.9 Å². The van der Waals surface area contributed by atoms with Crippen molar-refractivity contribution >= 4 is 17.7 Å². The van der Waals surface area contributed by atoms with Crippen LogP contribution < -0.4 is 0 Å². The summed E-state index contributed by atoms with van der Waals surface area (Å²) in [5.74, 6) is -0.900. The average molecular weight is 293 g/mol. The Balaban J connectivity index is 1.73. The fourth-order valence-corrected chi connectivity index (χ4v) is 4.58. The van der Waals surface area contributed by atoms with Gasteiger partial charge in [-0.25, -0.2) is 9.78 Å². The summed E-state index contributed by atoms with van der Waals surface area (Å²) in [5, 5.41) is 10.3. The topological polar surface area (TPSA) is 59.4 Å². The fourth-order valence-electron chi connectivity index (χ4n) is 3.26. The van der Waals surface area contributed by atoms with Crippen molar-refractivity contribution < 1.29 is 14.6 Å². The van der Waals surface area contributed by atoms with Gasteiger partial charge in [-0.05, 0) is 37.8 Å². The zero-order valence-corrected chi connectivity index (χ0v) is 12.2. The van der Waals surface area contributed by atoms with E-state index in [0.717, 1.165) is 32.3 Å². The lowest BCUT2D eigenvalue weighted by Gasteiger charge is -2.37. The Kier molecular flexibility index (Phi) is 3.98. The third-order valence-corrected chi connectivity index (χ3v) is 5.53. The molecular formula is C15H19NO3S. The summed E-state index contributed by atoms with van der Waals surface area (Å²) in [5.41, 5.74) is 0.373. The van der Waals surface area contributed by atoms with E-state index in [1.807, 2.05) is 0 Å². The number of pyridine rings is 1. The standard InChI is InChI=1S/C15H19NO3S/c17-14(18)12-4-3-8-16-13(12)20-11-5-9-19-15(10-11)6-1-2-7-15/h3-4,8,11H,1-2,5-7,9-10H2,(H,17,18). The first-order chi connectivity index (χ1) is 9.69. The molecule has 20 heavy (non-hydrogen) atoms. The Morgan fingerprint density at radius 1 is 1.45 bits per heavy atom. The van der Waals surface area contributed by atoms with Crippen LogP contribution in [0.1, 0.15) is 48.9 Å². The molecular weight excluding hydrogens is 274 g/mol. The largest absolute Gasteiger partial charge is 0.478 e. The van der Waals surface area contributed by atoms with Crippen LogP contribution in [-0.2, 0) is 4.74 Å². The number of aromatic nitrogens is 1. The molecule has 1 unspecified atom stereocenters. The SMILES string of the molecule is O=C(O)c1cccnc1SC1CCOC2(CCCC2)C1. The zero-order valence-electron chi connectivity index (χ0n) is 11.4. The highest BCUT2D eigenvalue weighted by Crippen LogP contribution is 2.44. The molecule has 1 aliphatic carbocycles. The third-order valence-electron chi connectivity index (χ3n) is 4.24. The molecule has 0 bridgehead atoms. The highest BCUT2D eigenvalue weighted by molar-refractivity contribution is 7.99. The number of hydrogen-bond acceptors (Lipinski definition) is 4. The Labute approximate surface area is 122 Å². The van der Waals surface area contributed by atoms with Gasteiger partial charge in [-0.3, -0.25) is 0 Å². The molecule has 1 N–H and O–H groups in total. The van der Waals surface area contributed by atoms with Crippen LogP contribution in [-0.4, -0.2) is 33.5 Å². The van der Waals surface area contributed by atoms with E-state index in [1.165, 1.54) is 12.8 Å². The van der Waals surface area contributed by atoms with Crippen molar-refractivity contribution in [3.63, 3.8) is 0 Å². The third kappa shape index (κ3) is 2.83. The van der Waals surface area contributed by atoms with Crippen LogP contribution in [0.4, 0.5) is 0 Å². The number of carboxylic acids is 1. The summed E-state index contributed by atoms with van der Waals surface area (Å²) in [4.78, 5) is 15.5. The average Bonchev–Trinajstić information content (AvgIpc) is 2.87. The van der Waals surface area contributed by atoms with Gasteiger partial charge in [-0.1, -0.05) is 12.8 Å². The maximum Gasteiger partial charge on any atom is 0.338 e. The minimum Gasteiger partial charge on any atom is -0.478 e. The number of nitrogens with zero attached hydrogens (tertiary/aromatic N) is 1. The Morgan fingerprint density at radius 3 is 3.00 bits per heavy atom. The van der Waals surface area contributed by atoms with E-state index in [2.05, 4.69) is 4.98 Å². The lowest BCUT2D eigenvalue weighted by molar-refractivity contribution is -0.0704. The number of rotatable bonds is 3. The molecule has 0 radical (unpaired) electrons.